The molecule has 120 valence electrons. The molecular weight excluding hydrogens is 318 g/mol. The van der Waals surface area contributed by atoms with Crippen molar-refractivity contribution in [1.82, 2.24) is 9.97 Å². The second kappa shape index (κ2) is 5.11. The van der Waals surface area contributed by atoms with Crippen molar-refractivity contribution < 1.29 is 8.78 Å². The number of rotatable bonds is 1. The molecule has 0 unspecified atom stereocenters. The predicted octanol–water partition coefficient (Wildman–Crippen LogP) is 5.81. The van der Waals surface area contributed by atoms with Crippen LogP contribution in [0.4, 0.5) is 8.78 Å². The van der Waals surface area contributed by atoms with Gasteiger partial charge < -0.3 is 4.98 Å². The minimum absolute atomic E-state index is 0.262. The Bertz CT molecular complexity index is 1270. The first kappa shape index (κ1) is 14.1. The summed E-state index contributed by atoms with van der Waals surface area (Å²) in [4.78, 5) is 8.07. The van der Waals surface area contributed by atoms with E-state index in [9.17, 15) is 8.78 Å². The fraction of sp³-hybridized carbons (Fsp3) is 0. The molecule has 5 rings (SSSR count). The van der Waals surface area contributed by atoms with Crippen LogP contribution >= 0.6 is 0 Å². The highest BCUT2D eigenvalue weighted by Gasteiger charge is 2.11. The Labute approximate surface area is 141 Å². The Morgan fingerprint density at radius 3 is 2.24 bits per heavy atom. The molecule has 0 atom stereocenters. The van der Waals surface area contributed by atoms with Gasteiger partial charge in [-0.05, 0) is 52.6 Å². The van der Waals surface area contributed by atoms with E-state index in [-0.39, 0.29) is 11.6 Å². The number of nitrogens with one attached hydrogen (secondary N) is 1. The number of aromatic nitrogens is 2. The SMILES string of the molecule is Fc1ccc2c(-c3nc4c(ccc5cc(F)ccc54)[nH]3)cccc2c1. The standard InChI is InChI=1S/C21H12F2N2/c22-14-5-7-16-12(10-14)2-1-3-18(16)21-24-19-9-4-13-11-15(23)6-8-17(13)20(19)25-21/h1-11H,(H,24,25). The monoisotopic (exact) mass is 330 g/mol. The first-order chi connectivity index (χ1) is 12.2. The van der Waals surface area contributed by atoms with Crippen molar-refractivity contribution >= 4 is 32.6 Å². The molecule has 0 saturated heterocycles. The third-order valence-corrected chi connectivity index (χ3v) is 4.53. The highest BCUT2D eigenvalue weighted by molar-refractivity contribution is 6.06. The molecule has 0 fully saturated rings. The summed E-state index contributed by atoms with van der Waals surface area (Å²) in [5.74, 6) is 0.185. The van der Waals surface area contributed by atoms with Crippen LogP contribution in [0.3, 0.4) is 0 Å². The molecule has 1 aromatic heterocycles. The molecule has 0 spiro atoms. The third kappa shape index (κ3) is 2.18. The summed E-state index contributed by atoms with van der Waals surface area (Å²) in [5.41, 5.74) is 2.59. The molecule has 0 aliphatic rings. The van der Waals surface area contributed by atoms with Gasteiger partial charge in [-0.1, -0.05) is 30.3 Å². The zero-order valence-electron chi connectivity index (χ0n) is 13.1. The van der Waals surface area contributed by atoms with Gasteiger partial charge in [0, 0.05) is 10.9 Å². The number of hydrogen-bond acceptors (Lipinski definition) is 1. The van der Waals surface area contributed by atoms with Crippen molar-refractivity contribution in [3.63, 3.8) is 0 Å². The quantitative estimate of drug-likeness (QED) is 0.412. The van der Waals surface area contributed by atoms with E-state index in [2.05, 4.69) is 4.98 Å². The molecule has 0 aliphatic heterocycles. The van der Waals surface area contributed by atoms with Gasteiger partial charge in [0.2, 0.25) is 0 Å². The summed E-state index contributed by atoms with van der Waals surface area (Å²) >= 11 is 0. The van der Waals surface area contributed by atoms with Gasteiger partial charge in [0.1, 0.15) is 17.5 Å². The van der Waals surface area contributed by atoms with Gasteiger partial charge in [-0.2, -0.15) is 0 Å². The average Bonchev–Trinajstić information content (AvgIpc) is 3.05. The number of H-pyrrole nitrogens is 1. The highest BCUT2D eigenvalue weighted by atomic mass is 19.1. The maximum Gasteiger partial charge on any atom is 0.139 e. The van der Waals surface area contributed by atoms with Crippen molar-refractivity contribution in [2.75, 3.05) is 0 Å². The normalized spacial score (nSPS) is 11.6. The number of hydrogen-bond donors (Lipinski definition) is 1. The van der Waals surface area contributed by atoms with Gasteiger partial charge >= 0.3 is 0 Å². The molecule has 1 N–H and O–H groups in total. The summed E-state index contributed by atoms with van der Waals surface area (Å²) in [6, 6.07) is 18.9. The molecule has 1 heterocycles. The molecule has 0 saturated carbocycles. The topological polar surface area (TPSA) is 28.7 Å². The Hall–Kier alpha value is -3.27. The Morgan fingerprint density at radius 2 is 1.44 bits per heavy atom. The first-order valence-corrected chi connectivity index (χ1v) is 7.96. The second-order valence-electron chi connectivity index (χ2n) is 6.08. The van der Waals surface area contributed by atoms with E-state index in [0.29, 0.717) is 5.82 Å². The summed E-state index contributed by atoms with van der Waals surface area (Å²) in [6.07, 6.45) is 0. The molecule has 0 amide bonds. The Kier molecular flexibility index (Phi) is 2.88. The zero-order valence-corrected chi connectivity index (χ0v) is 13.1. The minimum Gasteiger partial charge on any atom is -0.338 e. The van der Waals surface area contributed by atoms with Gasteiger partial charge in [0.05, 0.1) is 11.0 Å². The lowest BCUT2D eigenvalue weighted by Gasteiger charge is -2.03. The molecule has 0 radical (unpaired) electrons. The van der Waals surface area contributed by atoms with Crippen molar-refractivity contribution in [2.24, 2.45) is 0 Å². The predicted molar refractivity (Wildman–Crippen MR) is 96.5 cm³/mol. The van der Waals surface area contributed by atoms with Crippen LogP contribution in [-0.2, 0) is 0 Å². The Balaban J connectivity index is 1.80. The van der Waals surface area contributed by atoms with E-state index in [1.807, 2.05) is 30.3 Å². The largest absolute Gasteiger partial charge is 0.338 e. The number of nitrogens with zero attached hydrogens (tertiary/aromatic N) is 1. The maximum absolute atomic E-state index is 13.5. The number of aromatic amines is 1. The Morgan fingerprint density at radius 1 is 0.720 bits per heavy atom. The molecule has 4 heteroatoms. The van der Waals surface area contributed by atoms with Crippen LogP contribution in [0.5, 0.6) is 0 Å². The van der Waals surface area contributed by atoms with Crippen molar-refractivity contribution in [3.05, 3.63) is 78.4 Å². The summed E-state index contributed by atoms with van der Waals surface area (Å²) < 4.78 is 26.9. The van der Waals surface area contributed by atoms with E-state index in [1.54, 1.807) is 12.1 Å². The minimum atomic E-state index is -0.265. The number of benzene rings is 4. The number of halogens is 2. The molecule has 0 aliphatic carbocycles. The van der Waals surface area contributed by atoms with Crippen LogP contribution in [0.1, 0.15) is 0 Å². The lowest BCUT2D eigenvalue weighted by Crippen LogP contribution is -1.84. The van der Waals surface area contributed by atoms with Crippen LogP contribution in [0.2, 0.25) is 0 Å². The molecule has 4 aromatic carbocycles. The highest BCUT2D eigenvalue weighted by Crippen LogP contribution is 2.31. The van der Waals surface area contributed by atoms with Gasteiger partial charge in [0.15, 0.2) is 0 Å². The molecular formula is C21H12F2N2. The van der Waals surface area contributed by atoms with Gasteiger partial charge in [0.25, 0.3) is 0 Å². The van der Waals surface area contributed by atoms with Crippen LogP contribution in [-0.4, -0.2) is 9.97 Å². The lowest BCUT2D eigenvalue weighted by atomic mass is 10.0. The molecule has 25 heavy (non-hydrogen) atoms. The van der Waals surface area contributed by atoms with Crippen LogP contribution in [0.25, 0.3) is 44.0 Å². The van der Waals surface area contributed by atoms with E-state index in [4.69, 9.17) is 4.98 Å². The molecule has 5 aromatic rings. The lowest BCUT2D eigenvalue weighted by molar-refractivity contribution is 0.629. The van der Waals surface area contributed by atoms with Gasteiger partial charge in [-0.25, -0.2) is 13.8 Å². The van der Waals surface area contributed by atoms with Crippen molar-refractivity contribution in [1.29, 1.82) is 0 Å². The molecule has 0 bridgehead atoms. The van der Waals surface area contributed by atoms with E-state index in [1.165, 1.54) is 24.3 Å². The van der Waals surface area contributed by atoms with E-state index >= 15 is 0 Å². The number of fused-ring (bicyclic) bond motifs is 4. The number of imidazole rings is 1. The second-order valence-corrected chi connectivity index (χ2v) is 6.08. The van der Waals surface area contributed by atoms with Crippen LogP contribution in [0.15, 0.2) is 66.7 Å². The first-order valence-electron chi connectivity index (χ1n) is 7.96. The van der Waals surface area contributed by atoms with Crippen LogP contribution in [0, 0.1) is 11.6 Å². The fourth-order valence-corrected chi connectivity index (χ4v) is 3.36. The maximum atomic E-state index is 13.5. The molecule has 2 nitrogen and oxygen atoms in total. The summed E-state index contributed by atoms with van der Waals surface area (Å²) in [7, 11) is 0. The third-order valence-electron chi connectivity index (χ3n) is 4.53. The van der Waals surface area contributed by atoms with Crippen molar-refractivity contribution in [3.8, 4) is 11.4 Å². The van der Waals surface area contributed by atoms with Crippen molar-refractivity contribution in [2.45, 2.75) is 0 Å². The fourth-order valence-electron chi connectivity index (χ4n) is 3.36. The van der Waals surface area contributed by atoms with Gasteiger partial charge in [-0.3, -0.25) is 0 Å². The smallest absolute Gasteiger partial charge is 0.139 e. The van der Waals surface area contributed by atoms with E-state index in [0.717, 1.165) is 38.1 Å². The summed E-state index contributed by atoms with van der Waals surface area (Å²) in [6.45, 7) is 0. The average molecular weight is 330 g/mol. The van der Waals surface area contributed by atoms with Crippen LogP contribution < -0.4 is 0 Å². The van der Waals surface area contributed by atoms with E-state index < -0.39 is 0 Å². The zero-order chi connectivity index (χ0) is 17.0. The summed E-state index contributed by atoms with van der Waals surface area (Å²) in [5, 5.41) is 3.46. The van der Waals surface area contributed by atoms with Gasteiger partial charge in [-0.15, -0.1) is 0 Å².